The van der Waals surface area contributed by atoms with Crippen LogP contribution in [0.15, 0.2) is 18.2 Å². The fourth-order valence-corrected chi connectivity index (χ4v) is 3.35. The van der Waals surface area contributed by atoms with Crippen LogP contribution in [0.2, 0.25) is 0 Å². The number of carbonyl (C=O) groups is 3. The van der Waals surface area contributed by atoms with Crippen LogP contribution in [0.4, 0.5) is 4.79 Å². The van der Waals surface area contributed by atoms with Crippen LogP contribution >= 0.6 is 0 Å². The van der Waals surface area contributed by atoms with Gasteiger partial charge in [-0.1, -0.05) is 6.07 Å². The van der Waals surface area contributed by atoms with Crippen LogP contribution in [-0.4, -0.2) is 68.3 Å². The molecule has 0 aliphatic carbocycles. The average Bonchev–Trinajstić information content (AvgIpc) is 2.72. The number of benzene rings is 1. The Hall–Kier alpha value is -2.97. The van der Waals surface area contributed by atoms with Crippen molar-refractivity contribution in [3.8, 4) is 11.5 Å². The van der Waals surface area contributed by atoms with Gasteiger partial charge in [-0.2, -0.15) is 0 Å². The van der Waals surface area contributed by atoms with E-state index in [1.807, 2.05) is 0 Å². The second-order valence-corrected chi connectivity index (χ2v) is 8.34. The number of nitrogens with one attached hydrogen (secondary N) is 2. The molecular weight excluding hydrogens is 402 g/mol. The van der Waals surface area contributed by atoms with Gasteiger partial charge in [-0.25, -0.2) is 4.79 Å². The van der Waals surface area contributed by atoms with E-state index >= 15 is 0 Å². The molecule has 0 saturated carbocycles. The van der Waals surface area contributed by atoms with Crippen molar-refractivity contribution in [1.29, 1.82) is 0 Å². The number of hydrogen-bond acceptors (Lipinski definition) is 6. The molecule has 1 fully saturated rings. The minimum absolute atomic E-state index is 0.0350. The number of carbonyl (C=O) groups excluding carboxylic acids is 3. The summed E-state index contributed by atoms with van der Waals surface area (Å²) in [5, 5.41) is 5.61. The van der Waals surface area contributed by atoms with E-state index in [9.17, 15) is 14.4 Å². The molecule has 0 aromatic heterocycles. The molecule has 0 atom stereocenters. The lowest BCUT2D eigenvalue weighted by atomic mass is 10.0. The van der Waals surface area contributed by atoms with Gasteiger partial charge in [-0.15, -0.1) is 0 Å². The zero-order chi connectivity index (χ0) is 23.0. The second kappa shape index (κ2) is 10.9. The molecule has 1 saturated heterocycles. The molecule has 0 unspecified atom stereocenters. The molecular formula is C22H33N3O6. The minimum Gasteiger partial charge on any atom is -0.496 e. The fraction of sp³-hybridized carbons (Fsp3) is 0.591. The zero-order valence-electron chi connectivity index (χ0n) is 18.9. The van der Waals surface area contributed by atoms with E-state index in [1.165, 1.54) is 14.2 Å². The predicted molar refractivity (Wildman–Crippen MR) is 115 cm³/mol. The highest BCUT2D eigenvalue weighted by molar-refractivity contribution is 5.99. The Bertz CT molecular complexity index is 760. The van der Waals surface area contributed by atoms with Crippen LogP contribution in [0.25, 0.3) is 0 Å². The number of nitrogens with zero attached hydrogens (tertiary/aromatic N) is 1. The van der Waals surface area contributed by atoms with E-state index in [4.69, 9.17) is 14.2 Å². The molecule has 0 bridgehead atoms. The maximum atomic E-state index is 12.8. The highest BCUT2D eigenvalue weighted by atomic mass is 16.6. The summed E-state index contributed by atoms with van der Waals surface area (Å²) in [6, 6.07) is 5.13. The van der Waals surface area contributed by atoms with E-state index in [-0.39, 0.29) is 30.8 Å². The Morgan fingerprint density at radius 2 is 1.65 bits per heavy atom. The van der Waals surface area contributed by atoms with Crippen molar-refractivity contribution in [1.82, 2.24) is 15.5 Å². The molecule has 0 spiro atoms. The molecule has 1 aliphatic heterocycles. The number of alkyl carbamates (subject to hydrolysis) is 1. The lowest BCUT2D eigenvalue weighted by molar-refractivity contribution is -0.132. The Kier molecular flexibility index (Phi) is 8.53. The van der Waals surface area contributed by atoms with Gasteiger partial charge in [0.05, 0.1) is 14.2 Å². The molecule has 2 N–H and O–H groups in total. The molecule has 1 aliphatic rings. The standard InChI is InChI=1S/C22H33N3O6/c1-22(2,3)31-21(28)23-12-9-18(26)25-13-10-15(11-14-25)24-20(27)19-16(29-4)7-6-8-17(19)30-5/h6-8,15H,9-14H2,1-5H3,(H,23,28)(H,24,27). The quantitative estimate of drug-likeness (QED) is 0.681. The van der Waals surface area contributed by atoms with Crippen LogP contribution in [0.1, 0.15) is 50.4 Å². The third-order valence-corrected chi connectivity index (χ3v) is 4.84. The van der Waals surface area contributed by atoms with Crippen molar-refractivity contribution >= 4 is 17.9 Å². The van der Waals surface area contributed by atoms with E-state index in [0.29, 0.717) is 43.0 Å². The van der Waals surface area contributed by atoms with Crippen LogP contribution in [0.3, 0.4) is 0 Å². The molecule has 1 heterocycles. The molecule has 1 aromatic carbocycles. The second-order valence-electron chi connectivity index (χ2n) is 8.34. The highest BCUT2D eigenvalue weighted by Gasteiger charge is 2.26. The number of amides is 3. The highest BCUT2D eigenvalue weighted by Crippen LogP contribution is 2.28. The minimum atomic E-state index is -0.575. The SMILES string of the molecule is COc1cccc(OC)c1C(=O)NC1CCN(C(=O)CCNC(=O)OC(C)(C)C)CC1. The van der Waals surface area contributed by atoms with Gasteiger partial charge in [0.15, 0.2) is 0 Å². The first-order valence-corrected chi connectivity index (χ1v) is 10.4. The molecule has 172 valence electrons. The summed E-state index contributed by atoms with van der Waals surface area (Å²) in [5.41, 5.74) is -0.215. The average molecular weight is 436 g/mol. The molecule has 31 heavy (non-hydrogen) atoms. The zero-order valence-corrected chi connectivity index (χ0v) is 18.9. The molecule has 9 nitrogen and oxygen atoms in total. The van der Waals surface area contributed by atoms with Crippen LogP contribution < -0.4 is 20.1 Å². The van der Waals surface area contributed by atoms with E-state index in [1.54, 1.807) is 43.9 Å². The number of piperidine rings is 1. The Labute approximate surface area is 183 Å². The summed E-state index contributed by atoms with van der Waals surface area (Å²) >= 11 is 0. The van der Waals surface area contributed by atoms with Gasteiger partial charge in [-0.05, 0) is 45.7 Å². The van der Waals surface area contributed by atoms with E-state index in [2.05, 4.69) is 10.6 Å². The number of hydrogen-bond donors (Lipinski definition) is 2. The van der Waals surface area contributed by atoms with Gasteiger partial charge in [0.1, 0.15) is 22.7 Å². The van der Waals surface area contributed by atoms with Crippen molar-refractivity contribution in [2.75, 3.05) is 33.9 Å². The normalized spacial score (nSPS) is 14.5. The molecule has 2 rings (SSSR count). The molecule has 3 amide bonds. The molecule has 9 heteroatoms. The van der Waals surface area contributed by atoms with Gasteiger partial charge in [0.2, 0.25) is 5.91 Å². The summed E-state index contributed by atoms with van der Waals surface area (Å²) in [6.07, 6.45) is 0.964. The van der Waals surface area contributed by atoms with E-state index in [0.717, 1.165) is 0 Å². The maximum absolute atomic E-state index is 12.8. The third kappa shape index (κ3) is 7.34. The fourth-order valence-electron chi connectivity index (χ4n) is 3.35. The van der Waals surface area contributed by atoms with Crippen LogP contribution in [0.5, 0.6) is 11.5 Å². The lowest BCUT2D eigenvalue weighted by Gasteiger charge is -2.32. The molecule has 0 radical (unpaired) electrons. The summed E-state index contributed by atoms with van der Waals surface area (Å²) in [7, 11) is 3.01. The van der Waals surface area contributed by atoms with Crippen LogP contribution in [-0.2, 0) is 9.53 Å². The van der Waals surface area contributed by atoms with Crippen molar-refractivity contribution in [2.45, 2.75) is 51.7 Å². The largest absolute Gasteiger partial charge is 0.496 e. The monoisotopic (exact) mass is 435 g/mol. The first-order valence-electron chi connectivity index (χ1n) is 10.4. The summed E-state index contributed by atoms with van der Waals surface area (Å²) in [4.78, 5) is 38.6. The van der Waals surface area contributed by atoms with Gasteiger partial charge in [-0.3, -0.25) is 9.59 Å². The first-order chi connectivity index (χ1) is 14.6. The van der Waals surface area contributed by atoms with E-state index < -0.39 is 11.7 Å². The number of likely N-dealkylation sites (tertiary alicyclic amines) is 1. The smallest absolute Gasteiger partial charge is 0.407 e. The Morgan fingerprint density at radius 3 is 2.16 bits per heavy atom. The Morgan fingerprint density at radius 1 is 1.06 bits per heavy atom. The number of methoxy groups -OCH3 is 2. The predicted octanol–water partition coefficient (Wildman–Crippen LogP) is 2.34. The Balaban J connectivity index is 1.79. The summed E-state index contributed by atoms with van der Waals surface area (Å²) < 4.78 is 15.7. The summed E-state index contributed by atoms with van der Waals surface area (Å²) in [5.74, 6) is 0.594. The van der Waals surface area contributed by atoms with Crippen molar-refractivity contribution in [3.05, 3.63) is 23.8 Å². The van der Waals surface area contributed by atoms with Crippen molar-refractivity contribution in [2.24, 2.45) is 0 Å². The topological polar surface area (TPSA) is 106 Å². The maximum Gasteiger partial charge on any atom is 0.407 e. The van der Waals surface area contributed by atoms with Gasteiger partial charge in [0.25, 0.3) is 5.91 Å². The van der Waals surface area contributed by atoms with Gasteiger partial charge in [0, 0.05) is 32.1 Å². The van der Waals surface area contributed by atoms with Crippen molar-refractivity contribution < 1.29 is 28.6 Å². The molecule has 1 aromatic rings. The van der Waals surface area contributed by atoms with Crippen molar-refractivity contribution in [3.63, 3.8) is 0 Å². The van der Waals surface area contributed by atoms with Gasteiger partial charge < -0.3 is 29.7 Å². The number of ether oxygens (including phenoxy) is 3. The summed E-state index contributed by atoms with van der Waals surface area (Å²) in [6.45, 7) is 6.65. The lowest BCUT2D eigenvalue weighted by Crippen LogP contribution is -2.47. The van der Waals surface area contributed by atoms with Crippen LogP contribution in [0, 0.1) is 0 Å². The first kappa shape index (κ1) is 24.3. The number of rotatable bonds is 7. The third-order valence-electron chi connectivity index (χ3n) is 4.84. The van der Waals surface area contributed by atoms with Gasteiger partial charge >= 0.3 is 6.09 Å².